The molecule has 4 aliphatic rings. The van der Waals surface area contributed by atoms with Gasteiger partial charge in [0.2, 0.25) is 0 Å². The first-order valence-electron chi connectivity index (χ1n) is 15.7. The second kappa shape index (κ2) is 10.3. The summed E-state index contributed by atoms with van der Waals surface area (Å²) in [4.78, 5) is 10.2. The number of rotatable bonds is 4. The van der Waals surface area contributed by atoms with E-state index in [2.05, 4.69) is 135 Å². The number of aromatic nitrogens is 2. The zero-order chi connectivity index (χ0) is 29.0. The van der Waals surface area contributed by atoms with Crippen LogP contribution in [0.15, 0.2) is 132 Å². The zero-order valence-electron chi connectivity index (χ0n) is 24.9. The van der Waals surface area contributed by atoms with Gasteiger partial charge in [-0.25, -0.2) is 9.97 Å². The maximum Gasteiger partial charge on any atom is 0.156 e. The van der Waals surface area contributed by atoms with E-state index in [0.29, 0.717) is 11.8 Å². The molecule has 0 bridgehead atoms. The van der Waals surface area contributed by atoms with Gasteiger partial charge in [-0.3, -0.25) is 0 Å². The topological polar surface area (TPSA) is 25.8 Å². The molecule has 8 rings (SSSR count). The Kier molecular flexibility index (Phi) is 6.26. The minimum Gasteiger partial charge on any atom is -0.228 e. The molecule has 4 aromatic rings. The fraction of sp³-hybridized carbons (Fsp3) is 0.220. The lowest BCUT2D eigenvalue weighted by molar-refractivity contribution is 0.342. The van der Waals surface area contributed by atoms with Gasteiger partial charge in [0.25, 0.3) is 0 Å². The van der Waals surface area contributed by atoms with Gasteiger partial charge in [-0.2, -0.15) is 0 Å². The third kappa shape index (κ3) is 4.39. The van der Waals surface area contributed by atoms with E-state index in [-0.39, 0.29) is 5.41 Å². The van der Waals surface area contributed by atoms with Crippen molar-refractivity contribution in [2.45, 2.75) is 39.5 Å². The largest absolute Gasteiger partial charge is 0.228 e. The van der Waals surface area contributed by atoms with Crippen molar-refractivity contribution >= 4 is 17.2 Å². The summed E-state index contributed by atoms with van der Waals surface area (Å²) in [6.07, 6.45) is 16.3. The van der Waals surface area contributed by atoms with Crippen LogP contribution in [-0.4, -0.2) is 9.97 Å². The van der Waals surface area contributed by atoms with Gasteiger partial charge in [0.05, 0.1) is 11.4 Å². The Morgan fingerprint density at radius 2 is 1.33 bits per heavy atom. The smallest absolute Gasteiger partial charge is 0.156 e. The number of allylic oxidation sites excluding steroid dienone is 8. The molecule has 0 radical (unpaired) electrons. The number of nitrogens with zero attached hydrogens (tertiary/aromatic N) is 2. The van der Waals surface area contributed by atoms with Crippen LogP contribution in [0.1, 0.15) is 45.4 Å². The molecule has 2 atom stereocenters. The summed E-state index contributed by atoms with van der Waals surface area (Å²) in [6.45, 7) is 4.92. The zero-order valence-corrected chi connectivity index (χ0v) is 24.9. The molecule has 4 aliphatic carbocycles. The molecule has 1 heterocycles. The summed E-state index contributed by atoms with van der Waals surface area (Å²) in [5, 5.41) is 2.80. The lowest BCUT2D eigenvalue weighted by atomic mass is 9.68. The van der Waals surface area contributed by atoms with Gasteiger partial charge in [0.1, 0.15) is 0 Å². The Hall–Kier alpha value is -4.56. The molecular weight excluding hydrogens is 520 g/mol. The standard InChI is InChI=1S/C41H36N2/c1-41(2)34-20-12-11-19-33(34)39-35(41)25-31-17-9-10-18-32(31)38(39)29-21-23-30(24-22-29)40-42-36(27-13-5-3-6-14-27)26-37(43-40)28-15-7-4-8-16-28/h3-10,12-18,20-21,23,25-26,35,39H,11,19,22,24H2,1-2H3. The molecule has 0 saturated heterocycles. The van der Waals surface area contributed by atoms with Crippen molar-refractivity contribution in [2.75, 3.05) is 0 Å². The first-order chi connectivity index (χ1) is 21.1. The van der Waals surface area contributed by atoms with Crippen molar-refractivity contribution in [1.82, 2.24) is 9.97 Å². The molecule has 210 valence electrons. The van der Waals surface area contributed by atoms with Crippen LogP contribution in [0.25, 0.3) is 39.7 Å². The lowest BCUT2D eigenvalue weighted by Gasteiger charge is -2.35. The van der Waals surface area contributed by atoms with Crippen LogP contribution in [0.4, 0.5) is 0 Å². The molecule has 0 spiro atoms. The fourth-order valence-electron chi connectivity index (χ4n) is 7.88. The first-order valence-corrected chi connectivity index (χ1v) is 15.7. The quantitative estimate of drug-likeness (QED) is 0.252. The highest BCUT2D eigenvalue weighted by Gasteiger charge is 2.49. The van der Waals surface area contributed by atoms with E-state index < -0.39 is 0 Å². The van der Waals surface area contributed by atoms with Gasteiger partial charge in [-0.1, -0.05) is 135 Å². The van der Waals surface area contributed by atoms with Crippen LogP contribution in [0.3, 0.4) is 0 Å². The molecule has 0 saturated carbocycles. The van der Waals surface area contributed by atoms with Crippen molar-refractivity contribution in [2.24, 2.45) is 17.3 Å². The van der Waals surface area contributed by atoms with Crippen LogP contribution < -0.4 is 10.4 Å². The molecule has 2 heteroatoms. The Morgan fingerprint density at radius 1 is 0.698 bits per heavy atom. The first kappa shape index (κ1) is 26.1. The Bertz CT molecular complexity index is 1930. The third-order valence-electron chi connectivity index (χ3n) is 10.0. The van der Waals surface area contributed by atoms with Gasteiger partial charge in [-0.15, -0.1) is 0 Å². The lowest BCUT2D eigenvalue weighted by Crippen LogP contribution is -2.39. The van der Waals surface area contributed by atoms with E-state index in [1.807, 2.05) is 0 Å². The van der Waals surface area contributed by atoms with Gasteiger partial charge >= 0.3 is 0 Å². The molecule has 0 aliphatic heterocycles. The summed E-state index contributed by atoms with van der Waals surface area (Å²) in [6, 6.07) is 32.1. The number of fused-ring (bicyclic) bond motifs is 3. The SMILES string of the molecule is CC1(C)C2=C(CCC=C2)C2C(C3=CC=C(c4nc(-c5ccccc5)cc(-c5ccccc5)n4)CC3)=c3ccccc3=CC21. The van der Waals surface area contributed by atoms with Crippen LogP contribution in [0.2, 0.25) is 0 Å². The highest BCUT2D eigenvalue weighted by molar-refractivity contribution is 5.79. The average molecular weight is 557 g/mol. The molecule has 0 amide bonds. The third-order valence-corrected chi connectivity index (χ3v) is 10.0. The van der Waals surface area contributed by atoms with E-state index in [1.54, 1.807) is 16.7 Å². The monoisotopic (exact) mass is 556 g/mol. The maximum atomic E-state index is 5.12. The van der Waals surface area contributed by atoms with Crippen molar-refractivity contribution < 1.29 is 0 Å². The molecule has 1 aromatic heterocycles. The van der Waals surface area contributed by atoms with Crippen LogP contribution >= 0.6 is 0 Å². The van der Waals surface area contributed by atoms with Gasteiger partial charge in [-0.05, 0) is 75.8 Å². The van der Waals surface area contributed by atoms with Crippen molar-refractivity contribution in [3.63, 3.8) is 0 Å². The summed E-state index contributed by atoms with van der Waals surface area (Å²) >= 11 is 0. The van der Waals surface area contributed by atoms with Gasteiger partial charge < -0.3 is 0 Å². The normalized spacial score (nSPS) is 21.8. The van der Waals surface area contributed by atoms with E-state index in [1.165, 1.54) is 28.0 Å². The molecule has 0 N–H and O–H groups in total. The summed E-state index contributed by atoms with van der Waals surface area (Å²) < 4.78 is 0. The van der Waals surface area contributed by atoms with Crippen molar-refractivity contribution in [1.29, 1.82) is 0 Å². The second-order valence-electron chi connectivity index (χ2n) is 12.9. The van der Waals surface area contributed by atoms with Crippen LogP contribution in [-0.2, 0) is 0 Å². The van der Waals surface area contributed by atoms with Gasteiger partial charge in [0, 0.05) is 17.0 Å². The van der Waals surface area contributed by atoms with E-state index in [9.17, 15) is 0 Å². The number of benzene rings is 3. The molecule has 2 unspecified atom stereocenters. The van der Waals surface area contributed by atoms with E-state index in [4.69, 9.17) is 9.97 Å². The van der Waals surface area contributed by atoms with Gasteiger partial charge in [0.15, 0.2) is 5.82 Å². The minimum atomic E-state index is 0.130. The van der Waals surface area contributed by atoms with Crippen molar-refractivity contribution in [3.8, 4) is 22.5 Å². The molecular formula is C41H36N2. The van der Waals surface area contributed by atoms with Crippen LogP contribution in [0.5, 0.6) is 0 Å². The predicted molar refractivity (Wildman–Crippen MR) is 178 cm³/mol. The minimum absolute atomic E-state index is 0.130. The highest BCUT2D eigenvalue weighted by atomic mass is 14.9. The van der Waals surface area contributed by atoms with Crippen molar-refractivity contribution in [3.05, 3.63) is 148 Å². The van der Waals surface area contributed by atoms with E-state index >= 15 is 0 Å². The number of hydrogen-bond donors (Lipinski definition) is 0. The Morgan fingerprint density at radius 3 is 2.00 bits per heavy atom. The summed E-state index contributed by atoms with van der Waals surface area (Å²) in [5.41, 5.74) is 11.8. The summed E-state index contributed by atoms with van der Waals surface area (Å²) in [5.74, 6) is 1.77. The average Bonchev–Trinajstić information content (AvgIpc) is 3.30. The fourth-order valence-corrected chi connectivity index (χ4v) is 7.88. The Labute approximate surface area is 254 Å². The molecule has 43 heavy (non-hydrogen) atoms. The number of hydrogen-bond acceptors (Lipinski definition) is 2. The summed E-state index contributed by atoms with van der Waals surface area (Å²) in [7, 11) is 0. The predicted octanol–water partition coefficient (Wildman–Crippen LogP) is 8.48. The molecule has 2 nitrogen and oxygen atoms in total. The second-order valence-corrected chi connectivity index (χ2v) is 12.9. The van der Waals surface area contributed by atoms with E-state index in [0.717, 1.165) is 47.6 Å². The molecule has 0 fully saturated rings. The molecule has 3 aromatic carbocycles. The maximum absolute atomic E-state index is 5.12. The highest BCUT2D eigenvalue weighted by Crippen LogP contribution is 2.58. The van der Waals surface area contributed by atoms with Crippen LogP contribution in [0, 0.1) is 17.3 Å². The Balaban J connectivity index is 1.25.